The molecule has 0 radical (unpaired) electrons. The molecule has 3 rings (SSSR count). The lowest BCUT2D eigenvalue weighted by molar-refractivity contribution is 0.102. The van der Waals surface area contributed by atoms with E-state index in [2.05, 4.69) is 15.4 Å². The van der Waals surface area contributed by atoms with Gasteiger partial charge in [0.25, 0.3) is 5.91 Å². The van der Waals surface area contributed by atoms with Crippen LogP contribution < -0.4 is 5.32 Å². The molecule has 1 amide bonds. The molecule has 0 unspecified atom stereocenters. The molecule has 7 nitrogen and oxygen atoms in total. The van der Waals surface area contributed by atoms with Gasteiger partial charge in [0.1, 0.15) is 10.7 Å². The highest BCUT2D eigenvalue weighted by molar-refractivity contribution is 7.91. The Balaban J connectivity index is 1.86. The van der Waals surface area contributed by atoms with Gasteiger partial charge in [0.05, 0.1) is 33.9 Å². The first-order valence-corrected chi connectivity index (χ1v) is 9.91. The van der Waals surface area contributed by atoms with Crippen LogP contribution in [0, 0.1) is 20.8 Å². The zero-order valence-electron chi connectivity index (χ0n) is 13.2. The van der Waals surface area contributed by atoms with Crippen molar-refractivity contribution >= 4 is 32.9 Å². The normalized spacial score (nSPS) is 19.9. The smallest absolute Gasteiger partial charge is 0.268 e. The number of amides is 1. The molecule has 2 aromatic rings. The van der Waals surface area contributed by atoms with Gasteiger partial charge in [-0.1, -0.05) is 0 Å². The van der Waals surface area contributed by atoms with E-state index < -0.39 is 9.84 Å². The summed E-state index contributed by atoms with van der Waals surface area (Å²) in [6, 6.07) is 1.53. The van der Waals surface area contributed by atoms with Gasteiger partial charge in [-0.2, -0.15) is 5.10 Å². The van der Waals surface area contributed by atoms with Crippen molar-refractivity contribution in [3.8, 4) is 0 Å². The Kier molecular flexibility index (Phi) is 4.01. The molecule has 1 aliphatic rings. The van der Waals surface area contributed by atoms with Gasteiger partial charge in [-0.3, -0.25) is 4.79 Å². The lowest BCUT2D eigenvalue weighted by Gasteiger charge is -2.13. The fourth-order valence-corrected chi connectivity index (χ4v) is 5.28. The summed E-state index contributed by atoms with van der Waals surface area (Å²) in [6.45, 7) is 5.47. The maximum Gasteiger partial charge on any atom is 0.268 e. The third kappa shape index (κ3) is 3.30. The first kappa shape index (κ1) is 16.1. The molecular formula is C14H18N4O3S2. The highest BCUT2D eigenvalue weighted by Gasteiger charge is 2.31. The number of hydrogen-bond donors (Lipinski definition) is 1. The van der Waals surface area contributed by atoms with Gasteiger partial charge in [-0.15, -0.1) is 11.3 Å². The Hall–Kier alpha value is -1.74. The average Bonchev–Trinajstić information content (AvgIpc) is 3.07. The van der Waals surface area contributed by atoms with Crippen LogP contribution in [-0.2, 0) is 9.84 Å². The van der Waals surface area contributed by atoms with Crippen LogP contribution in [-0.4, -0.2) is 40.6 Å². The summed E-state index contributed by atoms with van der Waals surface area (Å²) in [5.74, 6) is 0.516. The SMILES string of the molecule is Cc1cc(NC(=O)c2sc(C)nc2C)n([C@H]2CCS(=O)(=O)C2)n1. The maximum absolute atomic E-state index is 12.5. The summed E-state index contributed by atoms with van der Waals surface area (Å²) in [6.07, 6.45) is 0.519. The highest BCUT2D eigenvalue weighted by Crippen LogP contribution is 2.28. The third-order valence-electron chi connectivity index (χ3n) is 3.76. The van der Waals surface area contributed by atoms with Crippen LogP contribution in [0.1, 0.15) is 38.5 Å². The van der Waals surface area contributed by atoms with E-state index in [0.29, 0.717) is 22.8 Å². The maximum atomic E-state index is 12.5. The summed E-state index contributed by atoms with van der Waals surface area (Å²) < 4.78 is 25.0. The number of rotatable bonds is 3. The highest BCUT2D eigenvalue weighted by atomic mass is 32.2. The minimum atomic E-state index is -3.02. The van der Waals surface area contributed by atoms with Crippen molar-refractivity contribution in [1.29, 1.82) is 0 Å². The minimum absolute atomic E-state index is 0.0652. The molecule has 0 spiro atoms. The molecule has 1 atom stereocenters. The van der Waals surface area contributed by atoms with Gasteiger partial charge in [0.2, 0.25) is 0 Å². The quantitative estimate of drug-likeness (QED) is 0.908. The van der Waals surface area contributed by atoms with Crippen molar-refractivity contribution in [2.45, 2.75) is 33.2 Å². The zero-order chi connectivity index (χ0) is 16.8. The molecule has 0 aromatic carbocycles. The zero-order valence-corrected chi connectivity index (χ0v) is 14.8. The van der Waals surface area contributed by atoms with Crippen LogP contribution in [0.2, 0.25) is 0 Å². The van der Waals surface area contributed by atoms with Crippen LogP contribution in [0.15, 0.2) is 6.07 Å². The molecule has 0 aliphatic carbocycles. The third-order valence-corrected chi connectivity index (χ3v) is 6.59. The second-order valence-electron chi connectivity index (χ2n) is 5.77. The lowest BCUT2D eigenvalue weighted by Crippen LogP contribution is -2.19. The predicted octanol–water partition coefficient (Wildman–Crippen LogP) is 1.88. The Morgan fingerprint density at radius 1 is 1.39 bits per heavy atom. The molecule has 1 saturated heterocycles. The number of carbonyl (C=O) groups excluding carboxylic acids is 1. The van der Waals surface area contributed by atoms with Crippen LogP contribution in [0.4, 0.5) is 5.82 Å². The molecule has 1 N–H and O–H groups in total. The average molecular weight is 354 g/mol. The number of hydrogen-bond acceptors (Lipinski definition) is 6. The van der Waals surface area contributed by atoms with E-state index in [4.69, 9.17) is 0 Å². The van der Waals surface area contributed by atoms with Crippen molar-refractivity contribution in [2.24, 2.45) is 0 Å². The van der Waals surface area contributed by atoms with E-state index in [1.807, 2.05) is 13.8 Å². The van der Waals surface area contributed by atoms with Gasteiger partial charge in [-0.25, -0.2) is 18.1 Å². The predicted molar refractivity (Wildman–Crippen MR) is 88.8 cm³/mol. The fourth-order valence-electron chi connectivity index (χ4n) is 2.77. The molecular weight excluding hydrogens is 336 g/mol. The summed E-state index contributed by atoms with van der Waals surface area (Å²) >= 11 is 1.34. The Labute approximate surface area is 138 Å². The van der Waals surface area contributed by atoms with Gasteiger partial charge < -0.3 is 5.32 Å². The number of thiazole rings is 1. The van der Waals surface area contributed by atoms with Crippen LogP contribution in [0.3, 0.4) is 0 Å². The lowest BCUT2D eigenvalue weighted by atomic mass is 10.3. The van der Waals surface area contributed by atoms with E-state index in [1.54, 1.807) is 17.7 Å². The van der Waals surface area contributed by atoms with Crippen molar-refractivity contribution in [3.05, 3.63) is 27.3 Å². The number of aryl methyl sites for hydroxylation is 3. The molecule has 9 heteroatoms. The van der Waals surface area contributed by atoms with E-state index in [9.17, 15) is 13.2 Å². The topological polar surface area (TPSA) is 94.0 Å². The first-order chi connectivity index (χ1) is 10.7. The monoisotopic (exact) mass is 354 g/mol. The van der Waals surface area contributed by atoms with Gasteiger partial charge in [-0.05, 0) is 27.2 Å². The minimum Gasteiger partial charge on any atom is -0.306 e. The van der Waals surface area contributed by atoms with E-state index in [1.165, 1.54) is 11.3 Å². The van der Waals surface area contributed by atoms with Crippen molar-refractivity contribution < 1.29 is 13.2 Å². The molecule has 0 saturated carbocycles. The van der Waals surface area contributed by atoms with Crippen molar-refractivity contribution in [3.63, 3.8) is 0 Å². The van der Waals surface area contributed by atoms with Crippen molar-refractivity contribution in [1.82, 2.24) is 14.8 Å². The second-order valence-corrected chi connectivity index (χ2v) is 9.21. The number of carbonyl (C=O) groups is 1. The molecule has 23 heavy (non-hydrogen) atoms. The number of sulfone groups is 1. The van der Waals surface area contributed by atoms with Crippen LogP contribution >= 0.6 is 11.3 Å². The van der Waals surface area contributed by atoms with Gasteiger partial charge in [0.15, 0.2) is 9.84 Å². The summed E-state index contributed by atoms with van der Waals surface area (Å²) in [5.41, 5.74) is 1.43. The summed E-state index contributed by atoms with van der Waals surface area (Å²) in [4.78, 5) is 17.3. The van der Waals surface area contributed by atoms with Crippen LogP contribution in [0.25, 0.3) is 0 Å². The second kappa shape index (κ2) is 5.72. The fraction of sp³-hybridized carbons (Fsp3) is 0.500. The molecule has 1 fully saturated rings. The summed E-state index contributed by atoms with van der Waals surface area (Å²) in [5, 5.41) is 8.03. The van der Waals surface area contributed by atoms with Crippen molar-refractivity contribution in [2.75, 3.05) is 16.8 Å². The van der Waals surface area contributed by atoms with Crippen LogP contribution in [0.5, 0.6) is 0 Å². The number of nitrogens with zero attached hydrogens (tertiary/aromatic N) is 3. The molecule has 1 aliphatic heterocycles. The number of nitrogens with one attached hydrogen (secondary N) is 1. The van der Waals surface area contributed by atoms with E-state index in [-0.39, 0.29) is 23.5 Å². The molecule has 0 bridgehead atoms. The van der Waals surface area contributed by atoms with E-state index >= 15 is 0 Å². The number of aromatic nitrogens is 3. The molecule has 2 aromatic heterocycles. The Bertz CT molecular complexity index is 867. The number of anilines is 1. The molecule has 3 heterocycles. The van der Waals surface area contributed by atoms with E-state index in [0.717, 1.165) is 10.7 Å². The first-order valence-electron chi connectivity index (χ1n) is 7.27. The van der Waals surface area contributed by atoms with Gasteiger partial charge in [0, 0.05) is 6.07 Å². The Morgan fingerprint density at radius 2 is 2.13 bits per heavy atom. The largest absolute Gasteiger partial charge is 0.306 e. The summed E-state index contributed by atoms with van der Waals surface area (Å²) in [7, 11) is -3.02. The Morgan fingerprint density at radius 3 is 2.70 bits per heavy atom. The van der Waals surface area contributed by atoms with Gasteiger partial charge >= 0.3 is 0 Å². The standard InChI is InChI=1S/C14H18N4O3S2/c1-8-6-12(16-14(19)13-9(2)15-10(3)22-13)18(17-8)11-4-5-23(20,21)7-11/h6,11H,4-5,7H2,1-3H3,(H,16,19)/t11-/m0/s1. The molecule has 124 valence electrons.